The van der Waals surface area contributed by atoms with Crippen molar-refractivity contribution in [1.29, 1.82) is 0 Å². The van der Waals surface area contributed by atoms with Crippen LogP contribution in [0.3, 0.4) is 0 Å². The average molecular weight is 337 g/mol. The maximum absolute atomic E-state index is 13.1. The molecule has 0 amide bonds. The lowest BCUT2D eigenvalue weighted by atomic mass is 10.0. The Morgan fingerprint density at radius 3 is 2.30 bits per heavy atom. The quantitative estimate of drug-likeness (QED) is 0.821. The van der Waals surface area contributed by atoms with Crippen LogP contribution in [0.5, 0.6) is 0 Å². The maximum atomic E-state index is 13.1. The molecule has 0 saturated heterocycles. The summed E-state index contributed by atoms with van der Waals surface area (Å²) in [5.41, 5.74) is 0.199. The number of aliphatic hydroxyl groups is 1. The van der Waals surface area contributed by atoms with Crippen LogP contribution in [0.4, 0.5) is 28.0 Å². The second-order valence-electron chi connectivity index (χ2n) is 4.89. The molecule has 126 valence electrons. The van der Waals surface area contributed by atoms with Crippen LogP contribution in [0.2, 0.25) is 0 Å². The predicted molar refractivity (Wildman–Crippen MR) is 68.5 cm³/mol. The van der Waals surface area contributed by atoms with Gasteiger partial charge in [0.05, 0.1) is 12.1 Å². The molecule has 0 spiro atoms. The Labute approximate surface area is 127 Å². The number of hydrogen-bond acceptors (Lipinski definition) is 5. The minimum atomic E-state index is -4.77. The van der Waals surface area contributed by atoms with E-state index in [-0.39, 0.29) is 12.0 Å². The van der Waals surface area contributed by atoms with Crippen LogP contribution in [0.25, 0.3) is 0 Å². The minimum absolute atomic E-state index is 0.122. The summed E-state index contributed by atoms with van der Waals surface area (Å²) in [5, 5.41) is 18.4. The highest BCUT2D eigenvalue weighted by Crippen LogP contribution is 2.28. The summed E-state index contributed by atoms with van der Waals surface area (Å²) in [7, 11) is 0. The first-order valence-corrected chi connectivity index (χ1v) is 6.45. The number of nitrogens with one attached hydrogen (secondary N) is 1. The Kier molecular flexibility index (Phi) is 4.83. The van der Waals surface area contributed by atoms with E-state index in [4.69, 9.17) is 0 Å². The van der Waals surface area contributed by atoms with Crippen LogP contribution in [0.1, 0.15) is 18.4 Å². The number of nitrogens with zero attached hydrogens (tertiary/aromatic N) is 2. The van der Waals surface area contributed by atoms with Gasteiger partial charge >= 0.3 is 18.1 Å². The lowest BCUT2D eigenvalue weighted by molar-refractivity contribution is -0.156. The van der Waals surface area contributed by atoms with E-state index in [1.165, 1.54) is 6.92 Å². The molecule has 0 fully saturated rings. The highest BCUT2D eigenvalue weighted by molar-refractivity contribution is 5.23. The van der Waals surface area contributed by atoms with Gasteiger partial charge in [-0.2, -0.15) is 13.2 Å². The minimum Gasteiger partial charge on any atom is -0.399 e. The fourth-order valence-corrected chi connectivity index (χ4v) is 1.83. The van der Waals surface area contributed by atoms with Gasteiger partial charge in [-0.3, -0.25) is 0 Å². The lowest BCUT2D eigenvalue weighted by Gasteiger charge is -2.19. The Morgan fingerprint density at radius 2 is 1.78 bits per heavy atom. The van der Waals surface area contributed by atoms with Crippen molar-refractivity contribution >= 4 is 6.01 Å². The van der Waals surface area contributed by atoms with Gasteiger partial charge < -0.3 is 14.8 Å². The van der Waals surface area contributed by atoms with E-state index >= 15 is 0 Å². The SMILES string of the molecule is CC(Nc1nnc(C(F)(F)F)o1)C(O)Cc1cc(F)cc(F)c1. The molecule has 2 aromatic rings. The van der Waals surface area contributed by atoms with Crippen LogP contribution in [-0.4, -0.2) is 27.4 Å². The summed E-state index contributed by atoms with van der Waals surface area (Å²) in [6, 6.07) is 1.47. The molecule has 0 aliphatic carbocycles. The summed E-state index contributed by atoms with van der Waals surface area (Å²) in [6.45, 7) is 1.44. The first kappa shape index (κ1) is 17.1. The molecule has 1 aromatic carbocycles. The normalized spacial score (nSPS) is 14.6. The molecule has 1 aromatic heterocycles. The number of rotatable bonds is 5. The van der Waals surface area contributed by atoms with E-state index in [0.29, 0.717) is 6.07 Å². The van der Waals surface area contributed by atoms with Crippen molar-refractivity contribution in [2.24, 2.45) is 0 Å². The number of aliphatic hydroxyl groups excluding tert-OH is 1. The zero-order chi connectivity index (χ0) is 17.2. The zero-order valence-corrected chi connectivity index (χ0v) is 11.7. The second-order valence-corrected chi connectivity index (χ2v) is 4.89. The van der Waals surface area contributed by atoms with Crippen molar-refractivity contribution in [2.45, 2.75) is 31.7 Å². The zero-order valence-electron chi connectivity index (χ0n) is 11.7. The molecule has 0 saturated carbocycles. The molecule has 0 aliphatic heterocycles. The van der Waals surface area contributed by atoms with Crippen LogP contribution in [-0.2, 0) is 12.6 Å². The molecule has 2 rings (SSSR count). The number of aromatic nitrogens is 2. The number of alkyl halides is 3. The topological polar surface area (TPSA) is 71.2 Å². The third kappa shape index (κ3) is 4.62. The smallest absolute Gasteiger partial charge is 0.399 e. The van der Waals surface area contributed by atoms with Crippen molar-refractivity contribution in [3.63, 3.8) is 0 Å². The van der Waals surface area contributed by atoms with E-state index in [0.717, 1.165) is 12.1 Å². The maximum Gasteiger partial charge on any atom is 0.470 e. The number of benzene rings is 1. The first-order valence-electron chi connectivity index (χ1n) is 6.45. The summed E-state index contributed by atoms with van der Waals surface area (Å²) < 4.78 is 67.4. The van der Waals surface area contributed by atoms with E-state index in [2.05, 4.69) is 19.9 Å². The van der Waals surface area contributed by atoms with Crippen molar-refractivity contribution in [3.8, 4) is 0 Å². The molecule has 23 heavy (non-hydrogen) atoms. The van der Waals surface area contributed by atoms with Crippen molar-refractivity contribution < 1.29 is 31.5 Å². The molecular weight excluding hydrogens is 325 g/mol. The molecule has 0 bridgehead atoms. The van der Waals surface area contributed by atoms with Gasteiger partial charge in [0.15, 0.2) is 0 Å². The van der Waals surface area contributed by atoms with Gasteiger partial charge in [-0.05, 0) is 24.6 Å². The fraction of sp³-hybridized carbons (Fsp3) is 0.385. The van der Waals surface area contributed by atoms with Gasteiger partial charge in [0.1, 0.15) is 11.6 Å². The third-order valence-electron chi connectivity index (χ3n) is 2.96. The third-order valence-corrected chi connectivity index (χ3v) is 2.96. The predicted octanol–water partition coefficient (Wildman–Crippen LogP) is 2.77. The van der Waals surface area contributed by atoms with Crippen molar-refractivity contribution in [3.05, 3.63) is 41.3 Å². The van der Waals surface area contributed by atoms with Gasteiger partial charge in [-0.25, -0.2) is 8.78 Å². The van der Waals surface area contributed by atoms with E-state index in [9.17, 15) is 27.1 Å². The Bertz CT molecular complexity index is 654. The number of anilines is 1. The van der Waals surface area contributed by atoms with Crippen LogP contribution < -0.4 is 5.32 Å². The largest absolute Gasteiger partial charge is 0.470 e. The number of halogens is 5. The van der Waals surface area contributed by atoms with Crippen molar-refractivity contribution in [1.82, 2.24) is 10.2 Å². The highest BCUT2D eigenvalue weighted by Gasteiger charge is 2.38. The molecule has 0 aliphatic rings. The summed E-state index contributed by atoms with van der Waals surface area (Å²) >= 11 is 0. The van der Waals surface area contributed by atoms with Gasteiger partial charge in [0, 0.05) is 12.5 Å². The van der Waals surface area contributed by atoms with Gasteiger partial charge in [0.25, 0.3) is 0 Å². The first-order chi connectivity index (χ1) is 10.6. The highest BCUT2D eigenvalue weighted by atomic mass is 19.4. The van der Waals surface area contributed by atoms with Crippen LogP contribution in [0, 0.1) is 11.6 Å². The molecular formula is C13H12F5N3O2. The van der Waals surface area contributed by atoms with E-state index < -0.39 is 41.9 Å². The Hall–Kier alpha value is -2.23. The Morgan fingerprint density at radius 1 is 1.17 bits per heavy atom. The van der Waals surface area contributed by atoms with Gasteiger partial charge in [-0.1, -0.05) is 5.10 Å². The Balaban J connectivity index is 1.99. The average Bonchev–Trinajstić information content (AvgIpc) is 2.85. The van der Waals surface area contributed by atoms with Crippen molar-refractivity contribution in [2.75, 3.05) is 5.32 Å². The van der Waals surface area contributed by atoms with E-state index in [1.807, 2.05) is 0 Å². The van der Waals surface area contributed by atoms with E-state index in [1.54, 1.807) is 0 Å². The molecule has 5 nitrogen and oxygen atoms in total. The van der Waals surface area contributed by atoms with Crippen LogP contribution >= 0.6 is 0 Å². The molecule has 1 heterocycles. The summed E-state index contributed by atoms with van der Waals surface area (Å²) in [6.07, 6.45) is -6.05. The van der Waals surface area contributed by atoms with Gasteiger partial charge in [-0.15, -0.1) is 5.10 Å². The number of hydrogen-bond donors (Lipinski definition) is 2. The monoisotopic (exact) mass is 337 g/mol. The lowest BCUT2D eigenvalue weighted by Crippen LogP contribution is -2.32. The molecule has 2 unspecified atom stereocenters. The molecule has 2 atom stereocenters. The molecule has 0 radical (unpaired) electrons. The summed E-state index contributed by atoms with van der Waals surface area (Å²) in [4.78, 5) is 0. The van der Waals surface area contributed by atoms with Gasteiger partial charge in [0.2, 0.25) is 0 Å². The fourth-order valence-electron chi connectivity index (χ4n) is 1.83. The molecule has 10 heteroatoms. The molecule has 2 N–H and O–H groups in total. The van der Waals surface area contributed by atoms with Crippen LogP contribution in [0.15, 0.2) is 22.6 Å². The summed E-state index contributed by atoms with van der Waals surface area (Å²) in [5.74, 6) is -3.10. The standard InChI is InChI=1S/C13H12F5N3O2/c1-6(19-12-21-20-11(23-12)13(16,17)18)10(22)4-7-2-8(14)5-9(15)3-7/h2-3,5-6,10,22H,4H2,1H3,(H,19,21). The second kappa shape index (κ2) is 6.49.